The zero-order valence-electron chi connectivity index (χ0n) is 18.9. The molecule has 2 aliphatic heterocycles. The smallest absolute Gasteiger partial charge is 0.229 e. The normalized spacial score (nSPS) is 18.6. The lowest BCUT2D eigenvalue weighted by molar-refractivity contribution is -0.122. The number of methoxy groups -OCH3 is 1. The minimum Gasteiger partial charge on any atom is -0.497 e. The highest BCUT2D eigenvalue weighted by Gasteiger charge is 2.35. The highest BCUT2D eigenvalue weighted by molar-refractivity contribution is 6.04. The van der Waals surface area contributed by atoms with Gasteiger partial charge in [0.15, 0.2) is 5.82 Å². The van der Waals surface area contributed by atoms with E-state index in [0.717, 1.165) is 31.6 Å². The molecule has 1 N–H and O–H groups in total. The van der Waals surface area contributed by atoms with Crippen molar-refractivity contribution < 1.29 is 14.3 Å². The monoisotopic (exact) mass is 438 g/mol. The molecule has 1 aromatic carbocycles. The Morgan fingerprint density at radius 1 is 1.22 bits per heavy atom. The van der Waals surface area contributed by atoms with Gasteiger partial charge >= 0.3 is 0 Å². The number of anilines is 4. The molecule has 4 rings (SSSR count). The largest absolute Gasteiger partial charge is 0.497 e. The van der Waals surface area contributed by atoms with E-state index in [1.807, 2.05) is 37.2 Å². The van der Waals surface area contributed by atoms with Crippen molar-refractivity contribution in [3.8, 4) is 5.75 Å². The molecular formula is C23H30N6O3. The van der Waals surface area contributed by atoms with Crippen LogP contribution in [0.4, 0.5) is 23.1 Å². The first kappa shape index (κ1) is 21.9. The number of hydrogen-bond donors (Lipinski definition) is 1. The Bertz CT molecular complexity index is 989. The molecule has 32 heavy (non-hydrogen) atoms. The molecule has 2 amide bonds. The van der Waals surface area contributed by atoms with E-state index in [0.29, 0.717) is 29.7 Å². The van der Waals surface area contributed by atoms with E-state index in [1.165, 1.54) is 6.42 Å². The van der Waals surface area contributed by atoms with Gasteiger partial charge in [-0.15, -0.1) is 0 Å². The van der Waals surface area contributed by atoms with Gasteiger partial charge in [0.2, 0.25) is 17.8 Å². The quantitative estimate of drug-likeness (QED) is 0.741. The van der Waals surface area contributed by atoms with Gasteiger partial charge in [0.25, 0.3) is 0 Å². The molecular weight excluding hydrogens is 408 g/mol. The van der Waals surface area contributed by atoms with Crippen LogP contribution in [0.3, 0.4) is 0 Å². The average molecular weight is 439 g/mol. The van der Waals surface area contributed by atoms with E-state index >= 15 is 0 Å². The number of rotatable bonds is 6. The van der Waals surface area contributed by atoms with Gasteiger partial charge in [0.05, 0.1) is 19.2 Å². The molecule has 2 saturated heterocycles. The molecule has 1 aromatic heterocycles. The lowest BCUT2D eigenvalue weighted by Crippen LogP contribution is -2.32. The summed E-state index contributed by atoms with van der Waals surface area (Å²) in [7, 11) is 5.37. The fourth-order valence-electron chi connectivity index (χ4n) is 4.19. The maximum absolute atomic E-state index is 13.0. The third kappa shape index (κ3) is 4.61. The number of amides is 2. The van der Waals surface area contributed by atoms with Crippen LogP contribution in [0.25, 0.3) is 0 Å². The Kier molecular flexibility index (Phi) is 6.43. The van der Waals surface area contributed by atoms with Crippen LogP contribution >= 0.6 is 0 Å². The van der Waals surface area contributed by atoms with Gasteiger partial charge in [-0.2, -0.15) is 4.98 Å². The summed E-state index contributed by atoms with van der Waals surface area (Å²) < 4.78 is 5.25. The number of piperidine rings is 1. The Morgan fingerprint density at radius 3 is 2.72 bits per heavy atom. The SMILES string of the molecule is COc1cccc(N2CC(C(=O)Nc3cnc(N4CCCCC4)nc3N(C)C)CC2=O)c1. The molecule has 0 saturated carbocycles. The molecule has 9 heteroatoms. The zero-order valence-corrected chi connectivity index (χ0v) is 18.9. The fraction of sp³-hybridized carbons (Fsp3) is 0.478. The molecule has 2 aromatic rings. The lowest BCUT2D eigenvalue weighted by atomic mass is 10.1. The molecule has 0 spiro atoms. The molecule has 1 unspecified atom stereocenters. The first-order chi connectivity index (χ1) is 15.5. The first-order valence-electron chi connectivity index (χ1n) is 11.0. The van der Waals surface area contributed by atoms with Crippen LogP contribution in [0.5, 0.6) is 5.75 Å². The summed E-state index contributed by atoms with van der Waals surface area (Å²) in [6.07, 6.45) is 5.34. The number of nitrogens with one attached hydrogen (secondary N) is 1. The van der Waals surface area contributed by atoms with Crippen LogP contribution in [-0.4, -0.2) is 62.6 Å². The van der Waals surface area contributed by atoms with E-state index in [1.54, 1.807) is 24.3 Å². The number of hydrogen-bond acceptors (Lipinski definition) is 7. The van der Waals surface area contributed by atoms with E-state index in [9.17, 15) is 9.59 Å². The van der Waals surface area contributed by atoms with Crippen molar-refractivity contribution in [1.29, 1.82) is 0 Å². The number of ether oxygens (including phenoxy) is 1. The van der Waals surface area contributed by atoms with Crippen LogP contribution in [0.1, 0.15) is 25.7 Å². The second-order valence-corrected chi connectivity index (χ2v) is 8.45. The molecule has 3 heterocycles. The second-order valence-electron chi connectivity index (χ2n) is 8.45. The highest BCUT2D eigenvalue weighted by Crippen LogP contribution is 2.30. The summed E-state index contributed by atoms with van der Waals surface area (Å²) >= 11 is 0. The number of carbonyl (C=O) groups excluding carboxylic acids is 2. The first-order valence-corrected chi connectivity index (χ1v) is 11.0. The van der Waals surface area contributed by atoms with Gasteiger partial charge in [0.1, 0.15) is 11.4 Å². The van der Waals surface area contributed by atoms with Crippen molar-refractivity contribution in [2.24, 2.45) is 5.92 Å². The van der Waals surface area contributed by atoms with E-state index in [4.69, 9.17) is 9.72 Å². The molecule has 0 radical (unpaired) electrons. The van der Waals surface area contributed by atoms with Crippen molar-refractivity contribution in [3.63, 3.8) is 0 Å². The van der Waals surface area contributed by atoms with Crippen LogP contribution in [0.2, 0.25) is 0 Å². The Labute approximate surface area is 188 Å². The average Bonchev–Trinajstić information content (AvgIpc) is 3.21. The molecule has 1 atom stereocenters. The number of benzene rings is 1. The second kappa shape index (κ2) is 9.42. The standard InChI is InChI=1S/C23H30N6O3/c1-27(2)21-19(14-24-23(26-21)28-10-5-4-6-11-28)25-22(31)16-12-20(30)29(15-16)17-8-7-9-18(13-17)32-3/h7-9,13-14,16H,4-6,10-12,15H2,1-3H3,(H,25,31). The highest BCUT2D eigenvalue weighted by atomic mass is 16.5. The van der Waals surface area contributed by atoms with Gasteiger partial charge in [-0.3, -0.25) is 9.59 Å². The molecule has 9 nitrogen and oxygen atoms in total. The van der Waals surface area contributed by atoms with Crippen LogP contribution in [0.15, 0.2) is 30.5 Å². The molecule has 170 valence electrons. The summed E-state index contributed by atoms with van der Waals surface area (Å²) in [6.45, 7) is 2.22. The van der Waals surface area contributed by atoms with Gasteiger partial charge in [-0.25, -0.2) is 4.98 Å². The Balaban J connectivity index is 1.48. The summed E-state index contributed by atoms with van der Waals surface area (Å²) in [6, 6.07) is 7.30. The van der Waals surface area contributed by atoms with E-state index in [-0.39, 0.29) is 18.2 Å². The molecule has 0 aliphatic carbocycles. The topological polar surface area (TPSA) is 90.9 Å². The van der Waals surface area contributed by atoms with Crippen LogP contribution < -0.4 is 24.8 Å². The summed E-state index contributed by atoms with van der Waals surface area (Å²) in [5, 5.41) is 2.95. The van der Waals surface area contributed by atoms with Gasteiger partial charge in [-0.1, -0.05) is 6.07 Å². The summed E-state index contributed by atoms with van der Waals surface area (Å²) in [5.74, 6) is 1.27. The summed E-state index contributed by atoms with van der Waals surface area (Å²) in [4.78, 5) is 40.5. The van der Waals surface area contributed by atoms with Crippen LogP contribution in [0, 0.1) is 5.92 Å². The van der Waals surface area contributed by atoms with Crippen molar-refractivity contribution in [2.45, 2.75) is 25.7 Å². The van der Waals surface area contributed by atoms with Crippen molar-refractivity contribution >= 4 is 35.0 Å². The predicted octanol–water partition coefficient (Wildman–Crippen LogP) is 2.53. The van der Waals surface area contributed by atoms with Gasteiger partial charge in [-0.05, 0) is 31.4 Å². The molecule has 2 aliphatic rings. The number of carbonyl (C=O) groups is 2. The maximum atomic E-state index is 13.0. The number of aromatic nitrogens is 2. The van der Waals surface area contributed by atoms with E-state index in [2.05, 4.69) is 15.2 Å². The molecule has 0 bridgehead atoms. The molecule has 2 fully saturated rings. The Morgan fingerprint density at radius 2 is 2.00 bits per heavy atom. The van der Waals surface area contributed by atoms with Gasteiger partial charge < -0.3 is 24.8 Å². The van der Waals surface area contributed by atoms with Crippen LogP contribution in [-0.2, 0) is 9.59 Å². The third-order valence-electron chi connectivity index (χ3n) is 5.94. The van der Waals surface area contributed by atoms with Gasteiger partial charge in [0, 0.05) is 51.9 Å². The Hall–Kier alpha value is -3.36. The van der Waals surface area contributed by atoms with E-state index < -0.39 is 5.92 Å². The van der Waals surface area contributed by atoms with Crippen molar-refractivity contribution in [2.75, 3.05) is 60.9 Å². The lowest BCUT2D eigenvalue weighted by Gasteiger charge is -2.28. The zero-order chi connectivity index (χ0) is 22.7. The summed E-state index contributed by atoms with van der Waals surface area (Å²) in [5.41, 5.74) is 1.28. The third-order valence-corrected chi connectivity index (χ3v) is 5.94. The van der Waals surface area contributed by atoms with Crippen molar-refractivity contribution in [1.82, 2.24) is 9.97 Å². The fourth-order valence-corrected chi connectivity index (χ4v) is 4.19. The minimum absolute atomic E-state index is 0.0806. The minimum atomic E-state index is -0.453. The van der Waals surface area contributed by atoms with Crippen molar-refractivity contribution in [3.05, 3.63) is 30.5 Å². The predicted molar refractivity (Wildman–Crippen MR) is 125 cm³/mol. The maximum Gasteiger partial charge on any atom is 0.229 e. The number of nitrogens with zero attached hydrogens (tertiary/aromatic N) is 5.